The molecule has 2 aliphatic rings. The van der Waals surface area contributed by atoms with E-state index in [9.17, 15) is 9.59 Å². The first-order valence-corrected chi connectivity index (χ1v) is 9.61. The van der Waals surface area contributed by atoms with Crippen molar-refractivity contribution in [3.8, 4) is 16.9 Å². The zero-order valence-electron chi connectivity index (χ0n) is 16.0. The van der Waals surface area contributed by atoms with E-state index >= 15 is 0 Å². The number of para-hydroxylation sites is 1. The highest BCUT2D eigenvalue weighted by atomic mass is 35.5. The van der Waals surface area contributed by atoms with Crippen molar-refractivity contribution in [3.63, 3.8) is 0 Å². The first kappa shape index (κ1) is 19.0. The predicted molar refractivity (Wildman–Crippen MR) is 114 cm³/mol. The summed E-state index contributed by atoms with van der Waals surface area (Å²) in [6, 6.07) is 14.5. The number of hydrogen-bond donors (Lipinski definition) is 1. The molecule has 0 atom stereocenters. The van der Waals surface area contributed by atoms with Gasteiger partial charge in [0.2, 0.25) is 0 Å². The van der Waals surface area contributed by atoms with E-state index in [2.05, 4.69) is 10.4 Å². The molecule has 0 radical (unpaired) electrons. The van der Waals surface area contributed by atoms with E-state index in [0.717, 1.165) is 5.56 Å². The number of nitrogens with one attached hydrogen (secondary N) is 1. The lowest BCUT2D eigenvalue weighted by Gasteiger charge is -2.12. The first-order valence-electron chi connectivity index (χ1n) is 9.23. The predicted octanol–water partition coefficient (Wildman–Crippen LogP) is 4.37. The van der Waals surface area contributed by atoms with Crippen molar-refractivity contribution in [2.75, 3.05) is 5.32 Å². The zero-order chi connectivity index (χ0) is 20.5. The highest BCUT2D eigenvalue weighted by Gasteiger charge is 2.24. The zero-order valence-corrected chi connectivity index (χ0v) is 16.8. The molecule has 29 heavy (non-hydrogen) atoms. The molecule has 0 fully saturated rings. The summed E-state index contributed by atoms with van der Waals surface area (Å²) in [7, 11) is 0. The van der Waals surface area contributed by atoms with Gasteiger partial charge in [-0.2, -0.15) is 9.78 Å². The van der Waals surface area contributed by atoms with Crippen LogP contribution in [0.15, 0.2) is 65.7 Å². The van der Waals surface area contributed by atoms with Gasteiger partial charge in [-0.05, 0) is 43.7 Å². The van der Waals surface area contributed by atoms with E-state index in [4.69, 9.17) is 11.6 Å². The van der Waals surface area contributed by atoms with Gasteiger partial charge in [-0.25, -0.2) is 0 Å². The van der Waals surface area contributed by atoms with Crippen LogP contribution in [0.4, 0.5) is 5.69 Å². The number of carbonyl (C=O) groups excluding carboxylic acids is 1. The highest BCUT2D eigenvalue weighted by molar-refractivity contribution is 6.31. The second-order valence-electron chi connectivity index (χ2n) is 6.74. The summed E-state index contributed by atoms with van der Waals surface area (Å²) < 4.78 is 3.13. The number of fused-ring (bicyclic) bond motifs is 1. The SMILES string of the molecule is CCn1cc(C(=O)Nc2ccc(C)c(Cl)c2)c2nn(-c3ccccc3)c(=O)c-2c1. The van der Waals surface area contributed by atoms with Crippen LogP contribution in [0.5, 0.6) is 0 Å². The van der Waals surface area contributed by atoms with Crippen molar-refractivity contribution in [3.05, 3.63) is 87.4 Å². The van der Waals surface area contributed by atoms with Gasteiger partial charge in [-0.3, -0.25) is 9.59 Å². The number of hydrogen-bond acceptors (Lipinski definition) is 3. The van der Waals surface area contributed by atoms with Gasteiger partial charge in [-0.1, -0.05) is 35.9 Å². The average molecular weight is 407 g/mol. The van der Waals surface area contributed by atoms with E-state index in [-0.39, 0.29) is 11.5 Å². The largest absolute Gasteiger partial charge is 0.353 e. The number of carbonyl (C=O) groups is 1. The molecule has 2 heterocycles. The van der Waals surface area contributed by atoms with Gasteiger partial charge in [0.15, 0.2) is 0 Å². The number of aryl methyl sites for hydroxylation is 2. The minimum Gasteiger partial charge on any atom is -0.353 e. The first-order chi connectivity index (χ1) is 14.0. The summed E-state index contributed by atoms with van der Waals surface area (Å²) in [6.45, 7) is 4.45. The molecule has 0 aromatic heterocycles. The standard InChI is InChI=1S/C22H19ClN4O2/c1-3-26-12-17(21(28)24-15-10-9-14(2)19(23)11-15)20-18(13-26)22(29)27(25-20)16-7-5-4-6-8-16/h4-13H,3H2,1-2H3,(H,24,28). The molecule has 0 unspecified atom stereocenters. The minimum atomic E-state index is -0.351. The Hall–Kier alpha value is -3.38. The van der Waals surface area contributed by atoms with Crippen LogP contribution in [0.25, 0.3) is 16.9 Å². The average Bonchev–Trinajstić information content (AvgIpc) is 3.07. The van der Waals surface area contributed by atoms with Crippen LogP contribution in [-0.2, 0) is 6.54 Å². The fourth-order valence-electron chi connectivity index (χ4n) is 3.12. The quantitative estimate of drug-likeness (QED) is 0.547. The Kier molecular flexibility index (Phi) is 4.94. The molecule has 1 amide bonds. The van der Waals surface area contributed by atoms with Crippen molar-refractivity contribution in [1.29, 1.82) is 0 Å². The number of halogens is 1. The molecule has 146 valence electrons. The van der Waals surface area contributed by atoms with Gasteiger partial charge < -0.3 is 9.88 Å². The number of pyridine rings is 1. The number of rotatable bonds is 4. The number of amides is 1. The van der Waals surface area contributed by atoms with Crippen molar-refractivity contribution < 1.29 is 4.79 Å². The Bertz CT molecular complexity index is 1230. The number of benzene rings is 2. The van der Waals surface area contributed by atoms with Crippen LogP contribution >= 0.6 is 11.6 Å². The summed E-state index contributed by atoms with van der Waals surface area (Å²) in [6.07, 6.45) is 3.43. The third kappa shape index (κ3) is 3.54. The van der Waals surface area contributed by atoms with Gasteiger partial charge in [0.25, 0.3) is 11.5 Å². The third-order valence-corrected chi connectivity index (χ3v) is 5.17. The molecule has 1 N–H and O–H groups in total. The van der Waals surface area contributed by atoms with Gasteiger partial charge in [0, 0.05) is 29.6 Å². The molecule has 0 spiro atoms. The Morgan fingerprint density at radius 3 is 2.59 bits per heavy atom. The lowest BCUT2D eigenvalue weighted by molar-refractivity contribution is 0.102. The summed E-state index contributed by atoms with van der Waals surface area (Å²) in [5.41, 5.74) is 2.97. The highest BCUT2D eigenvalue weighted by Crippen LogP contribution is 2.25. The van der Waals surface area contributed by atoms with Gasteiger partial charge >= 0.3 is 0 Å². The molecule has 2 aromatic rings. The Morgan fingerprint density at radius 2 is 1.90 bits per heavy atom. The summed E-state index contributed by atoms with van der Waals surface area (Å²) in [5.74, 6) is -0.351. The molecule has 0 aliphatic carbocycles. The van der Waals surface area contributed by atoms with Gasteiger partial charge in [0.1, 0.15) is 5.69 Å². The maximum Gasteiger partial charge on any atom is 0.282 e. The van der Waals surface area contributed by atoms with Crippen LogP contribution in [0.1, 0.15) is 22.8 Å². The maximum atomic E-state index is 13.0. The molecule has 0 bridgehead atoms. The molecule has 7 heteroatoms. The smallest absolute Gasteiger partial charge is 0.282 e. The maximum absolute atomic E-state index is 13.0. The minimum absolute atomic E-state index is 0.263. The van der Waals surface area contributed by atoms with Crippen LogP contribution in [-0.4, -0.2) is 20.3 Å². The van der Waals surface area contributed by atoms with Gasteiger partial charge in [0.05, 0.1) is 16.8 Å². The number of anilines is 1. The Balaban J connectivity index is 1.81. The number of nitrogens with zero attached hydrogens (tertiary/aromatic N) is 3. The molecule has 4 rings (SSSR count). The normalized spacial score (nSPS) is 11.0. The van der Waals surface area contributed by atoms with E-state index in [1.807, 2.05) is 38.1 Å². The van der Waals surface area contributed by atoms with Crippen LogP contribution in [0.3, 0.4) is 0 Å². The molecule has 0 saturated carbocycles. The van der Waals surface area contributed by atoms with E-state index in [1.165, 1.54) is 4.68 Å². The molecule has 0 saturated heterocycles. The lowest BCUT2D eigenvalue weighted by atomic mass is 10.1. The Labute approximate surface area is 172 Å². The monoisotopic (exact) mass is 406 g/mol. The van der Waals surface area contributed by atoms with E-state index in [1.54, 1.807) is 41.2 Å². The number of aromatic nitrogens is 3. The van der Waals surface area contributed by atoms with Crippen LogP contribution in [0.2, 0.25) is 5.02 Å². The fraction of sp³-hybridized carbons (Fsp3) is 0.136. The molecular weight excluding hydrogens is 388 g/mol. The fourth-order valence-corrected chi connectivity index (χ4v) is 3.30. The Morgan fingerprint density at radius 1 is 1.14 bits per heavy atom. The van der Waals surface area contributed by atoms with Crippen LogP contribution < -0.4 is 10.9 Å². The summed E-state index contributed by atoms with van der Waals surface area (Å²) in [5, 5.41) is 7.88. The molecular formula is C22H19ClN4O2. The van der Waals surface area contributed by atoms with Crippen molar-refractivity contribution in [1.82, 2.24) is 14.3 Å². The topological polar surface area (TPSA) is 68.9 Å². The van der Waals surface area contributed by atoms with Crippen molar-refractivity contribution >= 4 is 23.2 Å². The van der Waals surface area contributed by atoms with E-state index in [0.29, 0.717) is 39.8 Å². The van der Waals surface area contributed by atoms with Gasteiger partial charge in [-0.15, -0.1) is 0 Å². The van der Waals surface area contributed by atoms with Crippen molar-refractivity contribution in [2.45, 2.75) is 20.4 Å². The molecule has 6 nitrogen and oxygen atoms in total. The van der Waals surface area contributed by atoms with Crippen LogP contribution in [0, 0.1) is 6.92 Å². The van der Waals surface area contributed by atoms with Crippen molar-refractivity contribution in [2.24, 2.45) is 0 Å². The molecule has 2 aliphatic heterocycles. The second kappa shape index (κ2) is 7.56. The molecule has 2 aromatic carbocycles. The lowest BCUT2D eigenvalue weighted by Crippen LogP contribution is -2.17. The second-order valence-corrected chi connectivity index (χ2v) is 7.14. The third-order valence-electron chi connectivity index (χ3n) is 4.76. The summed E-state index contributed by atoms with van der Waals surface area (Å²) >= 11 is 6.17. The summed E-state index contributed by atoms with van der Waals surface area (Å²) in [4.78, 5) is 26.0. The van der Waals surface area contributed by atoms with E-state index < -0.39 is 0 Å².